The molecule has 1 atom stereocenters. The van der Waals surface area contributed by atoms with Crippen molar-refractivity contribution in [2.45, 2.75) is 37.0 Å². The minimum atomic E-state index is -0.185. The van der Waals surface area contributed by atoms with Crippen LogP contribution in [0.1, 0.15) is 20.8 Å². The molecule has 1 rings (SSSR count). The van der Waals surface area contributed by atoms with Gasteiger partial charge in [0, 0.05) is 22.5 Å². The van der Waals surface area contributed by atoms with Gasteiger partial charge in [-0.15, -0.1) is 11.8 Å². The highest BCUT2D eigenvalue weighted by atomic mass is 35.5. The smallest absolute Gasteiger partial charge is 0.236 e. The summed E-state index contributed by atoms with van der Waals surface area (Å²) in [7, 11) is 0. The average molecular weight is 302 g/mol. The number of aliphatic hydroxyl groups excluding tert-OH is 1. The van der Waals surface area contributed by atoms with Crippen LogP contribution in [0.5, 0.6) is 0 Å². The molecule has 0 aliphatic heterocycles. The molecule has 0 aliphatic carbocycles. The molecule has 0 aromatic heterocycles. The van der Waals surface area contributed by atoms with Crippen LogP contribution in [0.3, 0.4) is 0 Å². The summed E-state index contributed by atoms with van der Waals surface area (Å²) in [5.74, 6) is 0.0454. The SMILES string of the molecule is CC(Sc1ccc(Cl)cc1)C(=O)N(CCO)C(C)C. The lowest BCUT2D eigenvalue weighted by Crippen LogP contribution is -2.42. The lowest BCUT2D eigenvalue weighted by atomic mass is 10.3. The Bertz CT molecular complexity index is 408. The Balaban J connectivity index is 2.67. The Morgan fingerprint density at radius 1 is 1.32 bits per heavy atom. The highest BCUT2D eigenvalue weighted by molar-refractivity contribution is 8.00. The maximum absolute atomic E-state index is 12.3. The second-order valence-electron chi connectivity index (χ2n) is 4.56. The number of halogens is 1. The molecule has 0 spiro atoms. The molecule has 3 nitrogen and oxygen atoms in total. The van der Waals surface area contributed by atoms with E-state index >= 15 is 0 Å². The fourth-order valence-electron chi connectivity index (χ4n) is 1.73. The van der Waals surface area contributed by atoms with Crippen molar-refractivity contribution in [2.75, 3.05) is 13.2 Å². The van der Waals surface area contributed by atoms with Gasteiger partial charge >= 0.3 is 0 Å². The van der Waals surface area contributed by atoms with Gasteiger partial charge < -0.3 is 10.0 Å². The van der Waals surface area contributed by atoms with E-state index in [0.717, 1.165) is 4.90 Å². The number of nitrogens with zero attached hydrogens (tertiary/aromatic N) is 1. The van der Waals surface area contributed by atoms with Gasteiger partial charge in [0.1, 0.15) is 0 Å². The topological polar surface area (TPSA) is 40.5 Å². The first-order valence-electron chi connectivity index (χ1n) is 6.29. The molecule has 1 aromatic carbocycles. The van der Waals surface area contributed by atoms with Crippen LogP contribution in [0, 0.1) is 0 Å². The molecule has 0 fully saturated rings. The summed E-state index contributed by atoms with van der Waals surface area (Å²) in [6, 6.07) is 7.53. The van der Waals surface area contributed by atoms with Gasteiger partial charge in [-0.3, -0.25) is 4.79 Å². The van der Waals surface area contributed by atoms with Crippen LogP contribution in [0.15, 0.2) is 29.2 Å². The summed E-state index contributed by atoms with van der Waals surface area (Å²) in [4.78, 5) is 15.0. The molecule has 106 valence electrons. The van der Waals surface area contributed by atoms with E-state index in [1.807, 2.05) is 45.0 Å². The minimum Gasteiger partial charge on any atom is -0.395 e. The normalized spacial score (nSPS) is 12.5. The predicted molar refractivity (Wildman–Crippen MR) is 80.7 cm³/mol. The van der Waals surface area contributed by atoms with E-state index in [-0.39, 0.29) is 23.8 Å². The first-order chi connectivity index (χ1) is 8.95. The molecule has 1 aromatic rings. The second-order valence-corrected chi connectivity index (χ2v) is 6.41. The van der Waals surface area contributed by atoms with Crippen molar-refractivity contribution in [3.05, 3.63) is 29.3 Å². The zero-order valence-electron chi connectivity index (χ0n) is 11.5. The summed E-state index contributed by atoms with van der Waals surface area (Å²) < 4.78 is 0. The van der Waals surface area contributed by atoms with Crippen LogP contribution in [0.2, 0.25) is 5.02 Å². The third kappa shape index (κ3) is 5.05. The standard InChI is InChI=1S/C14H20ClNO2S/c1-10(2)16(8-9-17)14(18)11(3)19-13-6-4-12(15)5-7-13/h4-7,10-11,17H,8-9H2,1-3H3. The van der Waals surface area contributed by atoms with Crippen molar-refractivity contribution in [3.8, 4) is 0 Å². The molecule has 0 saturated carbocycles. The summed E-state index contributed by atoms with van der Waals surface area (Å²) in [5, 5.41) is 9.52. The molecule has 0 bridgehead atoms. The van der Waals surface area contributed by atoms with Gasteiger partial charge in [0.2, 0.25) is 5.91 Å². The molecule has 19 heavy (non-hydrogen) atoms. The molecule has 0 heterocycles. The number of benzene rings is 1. The largest absolute Gasteiger partial charge is 0.395 e. The van der Waals surface area contributed by atoms with Crippen LogP contribution in [0.25, 0.3) is 0 Å². The van der Waals surface area contributed by atoms with Gasteiger partial charge in [0.05, 0.1) is 11.9 Å². The first-order valence-corrected chi connectivity index (χ1v) is 7.55. The maximum Gasteiger partial charge on any atom is 0.236 e. The minimum absolute atomic E-state index is 0.0117. The van der Waals surface area contributed by atoms with Gasteiger partial charge in [-0.05, 0) is 45.0 Å². The number of rotatable bonds is 6. The van der Waals surface area contributed by atoms with Gasteiger partial charge in [0.15, 0.2) is 0 Å². The van der Waals surface area contributed by atoms with Crippen LogP contribution in [-0.4, -0.2) is 40.4 Å². The van der Waals surface area contributed by atoms with Crippen molar-refractivity contribution in [2.24, 2.45) is 0 Å². The van der Waals surface area contributed by atoms with Crippen LogP contribution in [-0.2, 0) is 4.79 Å². The van der Waals surface area contributed by atoms with Gasteiger partial charge in [0.25, 0.3) is 0 Å². The summed E-state index contributed by atoms with van der Waals surface area (Å²) in [6.45, 7) is 6.15. The maximum atomic E-state index is 12.3. The summed E-state index contributed by atoms with van der Waals surface area (Å²) >= 11 is 7.33. The van der Waals surface area contributed by atoms with Crippen molar-refractivity contribution < 1.29 is 9.90 Å². The number of carbonyl (C=O) groups excluding carboxylic acids is 1. The fraction of sp³-hybridized carbons (Fsp3) is 0.500. The molecule has 1 N–H and O–H groups in total. The van der Waals surface area contributed by atoms with E-state index in [9.17, 15) is 4.79 Å². The highest BCUT2D eigenvalue weighted by Gasteiger charge is 2.23. The van der Waals surface area contributed by atoms with Crippen molar-refractivity contribution in [1.82, 2.24) is 4.90 Å². The van der Waals surface area contributed by atoms with E-state index in [0.29, 0.717) is 11.6 Å². The van der Waals surface area contributed by atoms with Crippen LogP contribution >= 0.6 is 23.4 Å². The van der Waals surface area contributed by atoms with Crippen molar-refractivity contribution >= 4 is 29.3 Å². The zero-order chi connectivity index (χ0) is 14.4. The fourth-order valence-corrected chi connectivity index (χ4v) is 2.80. The molecule has 0 saturated heterocycles. The Hall–Kier alpha value is -0.710. The Morgan fingerprint density at radius 3 is 2.37 bits per heavy atom. The van der Waals surface area contributed by atoms with E-state index in [1.54, 1.807) is 4.90 Å². The quantitative estimate of drug-likeness (QED) is 0.821. The van der Waals surface area contributed by atoms with E-state index < -0.39 is 0 Å². The van der Waals surface area contributed by atoms with Gasteiger partial charge in [-0.2, -0.15) is 0 Å². The lowest BCUT2D eigenvalue weighted by Gasteiger charge is -2.28. The number of hydrogen-bond donors (Lipinski definition) is 1. The van der Waals surface area contributed by atoms with Crippen LogP contribution in [0.4, 0.5) is 0 Å². The van der Waals surface area contributed by atoms with Crippen molar-refractivity contribution in [1.29, 1.82) is 0 Å². The van der Waals surface area contributed by atoms with E-state index in [1.165, 1.54) is 11.8 Å². The van der Waals surface area contributed by atoms with E-state index in [2.05, 4.69) is 0 Å². The first kappa shape index (κ1) is 16.3. The number of hydrogen-bond acceptors (Lipinski definition) is 3. The third-order valence-corrected chi connectivity index (χ3v) is 4.07. The summed E-state index contributed by atoms with van der Waals surface area (Å²) in [6.07, 6.45) is 0. The van der Waals surface area contributed by atoms with Gasteiger partial charge in [-0.1, -0.05) is 11.6 Å². The van der Waals surface area contributed by atoms with Gasteiger partial charge in [-0.25, -0.2) is 0 Å². The van der Waals surface area contributed by atoms with E-state index in [4.69, 9.17) is 16.7 Å². The summed E-state index contributed by atoms with van der Waals surface area (Å²) in [5.41, 5.74) is 0. The molecule has 0 radical (unpaired) electrons. The Kier molecular flexibility index (Phi) is 6.69. The second kappa shape index (κ2) is 7.78. The van der Waals surface area contributed by atoms with Crippen LogP contribution < -0.4 is 0 Å². The number of thioether (sulfide) groups is 1. The third-order valence-electron chi connectivity index (χ3n) is 2.72. The highest BCUT2D eigenvalue weighted by Crippen LogP contribution is 2.26. The Morgan fingerprint density at radius 2 is 1.89 bits per heavy atom. The lowest BCUT2D eigenvalue weighted by molar-refractivity contribution is -0.132. The zero-order valence-corrected chi connectivity index (χ0v) is 13.0. The molecule has 5 heteroatoms. The average Bonchev–Trinajstić information content (AvgIpc) is 2.37. The molecule has 1 unspecified atom stereocenters. The number of amides is 1. The molecule has 0 aliphatic rings. The number of carbonyl (C=O) groups is 1. The number of aliphatic hydroxyl groups is 1. The molecule has 1 amide bonds. The predicted octanol–water partition coefficient (Wildman–Crippen LogP) is 3.05. The Labute approximate surface area is 123 Å². The molecular formula is C14H20ClNO2S. The monoisotopic (exact) mass is 301 g/mol. The molecular weight excluding hydrogens is 282 g/mol. The van der Waals surface area contributed by atoms with Crippen molar-refractivity contribution in [3.63, 3.8) is 0 Å².